The molecule has 0 amide bonds. The van der Waals surface area contributed by atoms with Crippen LogP contribution in [0.15, 0.2) is 189 Å². The SMILES string of the molecule is BrCc1snnc1-c1ccccc1.CC/C(=N\NS(=O)(=O)c1ccc(C)cc1)c1ccccc1.CCC(=O)c1ccccc1.Cc1ccc(S(=O)(=O)NN)cc1.Cc1snnc1-c1ccccc1.O=S(Cl)Cl.[B]=NS. The number of benzene rings is 6. The predicted octanol–water partition coefficient (Wildman–Crippen LogP) is 12.4. The van der Waals surface area contributed by atoms with Gasteiger partial charge in [-0.05, 0) is 80.1 Å². The van der Waals surface area contributed by atoms with E-state index in [4.69, 9.17) is 10.1 Å². The van der Waals surface area contributed by atoms with E-state index in [2.05, 4.69) is 91.2 Å². The fourth-order valence-corrected chi connectivity index (χ4v) is 8.72. The first kappa shape index (κ1) is 65.9. The number of hydrazone groups is 1. The molecule has 15 nitrogen and oxygen atoms in total. The Hall–Kier alpha value is -5.18. The molecule has 6 aromatic carbocycles. The van der Waals surface area contributed by atoms with Gasteiger partial charge in [-0.25, -0.2) is 12.6 Å². The number of aryl methyl sites for hydroxylation is 3. The topological polar surface area (TPSA) is 229 Å². The van der Waals surface area contributed by atoms with Crippen molar-refractivity contribution in [2.45, 2.75) is 62.6 Å². The average Bonchev–Trinajstić information content (AvgIpc) is 4.10. The number of sulfonamides is 2. The Kier molecular flexibility index (Phi) is 32.3. The third kappa shape index (κ3) is 25.5. The number of ketones is 1. The number of aromatic nitrogens is 4. The number of hydrogen-bond donors (Lipinski definition) is 4. The molecule has 0 spiro atoms. The Morgan fingerprint density at radius 2 is 1.04 bits per heavy atom. The summed E-state index contributed by atoms with van der Waals surface area (Å²) < 4.78 is 66.1. The molecule has 0 saturated carbocycles. The van der Waals surface area contributed by atoms with Crippen molar-refractivity contribution in [3.05, 3.63) is 202 Å². The van der Waals surface area contributed by atoms with Crippen LogP contribution in [0.2, 0.25) is 0 Å². The molecular weight excluding hydrogens is 1180 g/mol. The first-order valence-corrected chi connectivity index (χ1v) is 30.8. The number of rotatable bonds is 12. The van der Waals surface area contributed by atoms with Gasteiger partial charge in [-0.2, -0.15) is 23.2 Å². The molecule has 395 valence electrons. The molecule has 0 aliphatic heterocycles. The van der Waals surface area contributed by atoms with Gasteiger partial charge in [0.05, 0.1) is 25.3 Å². The fraction of sp³-hybridized carbons (Fsp3) is 0.160. The summed E-state index contributed by atoms with van der Waals surface area (Å²) in [6, 6.07) is 52.2. The van der Waals surface area contributed by atoms with Gasteiger partial charge in [0, 0.05) is 49.8 Å². The number of halogens is 3. The van der Waals surface area contributed by atoms with Crippen molar-refractivity contribution in [2.24, 2.45) is 15.2 Å². The summed E-state index contributed by atoms with van der Waals surface area (Å²) >= 11 is 9.48. The van der Waals surface area contributed by atoms with Crippen LogP contribution in [0.1, 0.15) is 63.5 Å². The van der Waals surface area contributed by atoms with E-state index >= 15 is 0 Å². The number of Topliss-reactive ketones (excluding diaryl/α,β-unsaturated/α-hetero) is 1. The van der Waals surface area contributed by atoms with E-state index in [0.29, 0.717) is 18.6 Å². The molecule has 0 aliphatic rings. The normalized spacial score (nSPS) is 10.5. The second kappa shape index (κ2) is 36.7. The molecule has 0 atom stereocenters. The summed E-state index contributed by atoms with van der Waals surface area (Å²) in [4.78, 5) is 17.8. The van der Waals surface area contributed by atoms with Crippen LogP contribution in [0.4, 0.5) is 0 Å². The second-order valence-corrected chi connectivity index (χ2v) is 23.1. The minimum atomic E-state index is -3.63. The number of hydrogen-bond acceptors (Lipinski definition) is 16. The quantitative estimate of drug-likeness (QED) is 0.0131. The second-order valence-electron chi connectivity index (χ2n) is 14.7. The van der Waals surface area contributed by atoms with Gasteiger partial charge in [0.15, 0.2) is 5.78 Å². The zero-order valence-electron chi connectivity index (χ0n) is 41.2. The number of carbonyl (C=O) groups is 1. The molecule has 8 aromatic rings. The van der Waals surface area contributed by atoms with Gasteiger partial charge >= 0.3 is 24.8 Å². The van der Waals surface area contributed by atoms with Crippen LogP contribution in [0.3, 0.4) is 0 Å². The van der Waals surface area contributed by atoms with Crippen LogP contribution < -0.4 is 15.5 Å². The van der Waals surface area contributed by atoms with Gasteiger partial charge in [-0.1, -0.05) is 195 Å². The molecule has 0 bridgehead atoms. The van der Waals surface area contributed by atoms with Crippen molar-refractivity contribution in [2.75, 3.05) is 0 Å². The van der Waals surface area contributed by atoms with Gasteiger partial charge in [0.25, 0.3) is 20.0 Å². The van der Waals surface area contributed by atoms with Crippen molar-refractivity contribution >= 4 is 122 Å². The summed E-state index contributed by atoms with van der Waals surface area (Å²) in [5.74, 6) is 5.05. The molecule has 8 rings (SSSR count). The Morgan fingerprint density at radius 1 is 0.653 bits per heavy atom. The molecule has 1 radical (unpaired) electrons. The molecule has 2 heterocycles. The van der Waals surface area contributed by atoms with Gasteiger partial charge in [0.1, 0.15) is 11.4 Å². The number of nitrogens with two attached hydrogens (primary N) is 1. The summed E-state index contributed by atoms with van der Waals surface area (Å²) in [6.45, 7) is 9.63. The molecule has 75 heavy (non-hydrogen) atoms. The van der Waals surface area contributed by atoms with Crippen molar-refractivity contribution in [1.29, 1.82) is 0 Å². The van der Waals surface area contributed by atoms with E-state index in [0.717, 1.165) is 50.1 Å². The van der Waals surface area contributed by atoms with Crippen molar-refractivity contribution < 1.29 is 25.8 Å². The maximum absolute atomic E-state index is 12.2. The Morgan fingerprint density at radius 3 is 1.43 bits per heavy atom. The van der Waals surface area contributed by atoms with Crippen molar-refractivity contribution in [3.63, 3.8) is 0 Å². The van der Waals surface area contributed by atoms with E-state index in [9.17, 15) is 21.6 Å². The van der Waals surface area contributed by atoms with Crippen molar-refractivity contribution in [1.82, 2.24) is 28.8 Å². The van der Waals surface area contributed by atoms with E-state index in [1.165, 1.54) is 45.0 Å². The van der Waals surface area contributed by atoms with Crippen LogP contribution in [-0.4, -0.2) is 59.4 Å². The van der Waals surface area contributed by atoms with Gasteiger partial charge in [-0.3, -0.25) is 10.6 Å². The van der Waals surface area contributed by atoms with Gasteiger partial charge < -0.3 is 0 Å². The van der Waals surface area contributed by atoms with Crippen molar-refractivity contribution in [3.8, 4) is 22.5 Å². The summed E-state index contributed by atoms with van der Waals surface area (Å²) in [5, 5.41) is 13.0. The fourth-order valence-electron chi connectivity index (χ4n) is 5.68. The third-order valence-corrected chi connectivity index (χ3v) is 14.1. The number of carbonyl (C=O) groups excluding carboxylic acids is 1. The van der Waals surface area contributed by atoms with Crippen LogP contribution in [-0.2, 0) is 34.6 Å². The summed E-state index contributed by atoms with van der Waals surface area (Å²) in [5.41, 5.74) is 8.70. The van der Waals surface area contributed by atoms with Gasteiger partial charge in [-0.15, -0.1) is 10.2 Å². The van der Waals surface area contributed by atoms with E-state index in [1.54, 1.807) is 41.2 Å². The molecule has 0 saturated heterocycles. The molecule has 2 aromatic heterocycles. The van der Waals surface area contributed by atoms with Crippen LogP contribution in [0, 0.1) is 20.8 Å². The first-order valence-electron chi connectivity index (χ1n) is 22.0. The van der Waals surface area contributed by atoms with E-state index in [-0.39, 0.29) is 15.6 Å². The third-order valence-electron chi connectivity index (χ3n) is 9.40. The minimum absolute atomic E-state index is 0.176. The Bertz CT molecular complexity index is 3170. The number of nitrogens with zero attached hydrogens (tertiary/aromatic N) is 6. The summed E-state index contributed by atoms with van der Waals surface area (Å²) in [7, 11) is 4.58. The standard InChI is InChI=1S/C16H18N2O2S.C9H7BrN2S.C9H8N2S.C9H10O.C7H10N2O2S.BHNS.Cl2OS/c1-3-16(14-7-5-4-6-8-14)17-18-21(19,20)15-11-9-13(2)10-12-15;10-6-8-9(11-12-13-8)7-4-2-1-3-5-7;1-7-9(10-11-12-7)8-5-3-2-4-6-8;1-2-9(10)8-6-4-3-5-7-8;1-6-2-4-7(5-3-6)12(10,11)9-8;1-2-3;1-4(2)3/h4-12,18H,3H2,1-2H3;1-5H,6H2;2-6H,1H3;3-7H,2H2,1H3;2-5,9H,8H2,1H3;3H;/b17-16+;;;;;;. The van der Waals surface area contributed by atoms with Crippen LogP contribution >= 0.6 is 73.2 Å². The summed E-state index contributed by atoms with van der Waals surface area (Å²) in [6.07, 6.45) is 1.23. The average molecular weight is 1230 g/mol. The number of nitrogens with one attached hydrogen (secondary N) is 2. The van der Waals surface area contributed by atoms with Crippen LogP contribution in [0.25, 0.3) is 22.5 Å². The predicted molar refractivity (Wildman–Crippen MR) is 317 cm³/mol. The van der Waals surface area contributed by atoms with Gasteiger partial charge in [0.2, 0.25) is 9.23 Å². The van der Waals surface area contributed by atoms with E-state index in [1.807, 2.05) is 156 Å². The van der Waals surface area contributed by atoms with E-state index < -0.39 is 29.3 Å². The Balaban J connectivity index is 0.000000318. The monoisotopic (exact) mass is 1230 g/mol. The number of hydrazine groups is 1. The van der Waals surface area contributed by atoms with Crippen LogP contribution in [0.5, 0.6) is 0 Å². The number of thiol groups is 1. The zero-order chi connectivity index (χ0) is 55.7. The molecule has 0 unspecified atom stereocenters. The molecule has 4 N–H and O–H groups in total. The first-order chi connectivity index (χ1) is 35.9. The molecule has 0 fully saturated rings. The molecular formula is C50H54BBrCl2N9O6S6. The maximum atomic E-state index is 12.2. The number of alkyl halides is 1. The zero-order valence-corrected chi connectivity index (χ0v) is 49.3. The molecule has 25 heteroatoms. The Labute approximate surface area is 474 Å². The molecule has 0 aliphatic carbocycles.